The van der Waals surface area contributed by atoms with Gasteiger partial charge in [-0.2, -0.15) is 0 Å². The predicted molar refractivity (Wildman–Crippen MR) is 261 cm³/mol. The summed E-state index contributed by atoms with van der Waals surface area (Å²) in [5.41, 5.74) is 13.1. The fourth-order valence-corrected chi connectivity index (χ4v) is 12.2. The van der Waals surface area contributed by atoms with E-state index in [4.69, 9.17) is 0 Å². The van der Waals surface area contributed by atoms with Crippen molar-refractivity contribution in [3.63, 3.8) is 0 Å². The molecule has 280 valence electrons. The minimum absolute atomic E-state index is 0.146. The maximum Gasteiger partial charge on any atom is 0.0440 e. The second-order valence-corrected chi connectivity index (χ2v) is 18.1. The van der Waals surface area contributed by atoms with Crippen molar-refractivity contribution in [3.8, 4) is 44.5 Å². The van der Waals surface area contributed by atoms with E-state index in [0.717, 1.165) is 0 Å². The molecule has 13 rings (SSSR count). The first-order valence-electron chi connectivity index (χ1n) is 21.0. The van der Waals surface area contributed by atoms with Crippen molar-refractivity contribution in [3.05, 3.63) is 205 Å². The van der Waals surface area contributed by atoms with Gasteiger partial charge in [0.2, 0.25) is 0 Å². The Balaban J connectivity index is 1.02. The normalized spacial score (nSPS) is 13.3. The molecule has 1 heterocycles. The standard InChI is InChI=1S/C59H38S/c1-59(2)51-33-28-36-26-29-49-42-19-11-12-25-53(42)60-58(49)54(36)57(51)50-30-27-37(34-52(50)59)39-31-32-48(41-18-6-5-17-40(39)41)56-46-22-9-7-20-44(46)55(45-21-8-10-23-47(45)56)43-24-13-15-35-14-3-4-16-38(35)43/h3-34H,1-2H3. The van der Waals surface area contributed by atoms with Crippen LogP contribution in [-0.4, -0.2) is 0 Å². The number of hydrogen-bond donors (Lipinski definition) is 0. The van der Waals surface area contributed by atoms with Crippen LogP contribution in [0.25, 0.3) is 119 Å². The first-order chi connectivity index (χ1) is 29.5. The molecule has 0 saturated heterocycles. The van der Waals surface area contributed by atoms with Crippen LogP contribution in [0.15, 0.2) is 194 Å². The highest BCUT2D eigenvalue weighted by molar-refractivity contribution is 7.26. The molecule has 11 aromatic carbocycles. The van der Waals surface area contributed by atoms with Gasteiger partial charge >= 0.3 is 0 Å². The zero-order chi connectivity index (χ0) is 39.7. The van der Waals surface area contributed by atoms with Crippen LogP contribution in [0, 0.1) is 0 Å². The summed E-state index contributed by atoms with van der Waals surface area (Å²) in [7, 11) is 0. The number of benzene rings is 11. The second kappa shape index (κ2) is 12.5. The number of fused-ring (bicyclic) bond motifs is 13. The molecule has 1 aliphatic carbocycles. The van der Waals surface area contributed by atoms with Gasteiger partial charge in [0.25, 0.3) is 0 Å². The Morgan fingerprint density at radius 3 is 1.58 bits per heavy atom. The smallest absolute Gasteiger partial charge is 0.0440 e. The van der Waals surface area contributed by atoms with E-state index in [1.807, 2.05) is 11.3 Å². The number of rotatable bonds is 3. The number of thiophene rings is 1. The third kappa shape index (κ3) is 4.61. The third-order valence-electron chi connectivity index (χ3n) is 13.7. The summed E-state index contributed by atoms with van der Waals surface area (Å²) in [6.07, 6.45) is 0. The molecule has 1 aliphatic rings. The Morgan fingerprint density at radius 2 is 0.867 bits per heavy atom. The average Bonchev–Trinajstić information content (AvgIpc) is 3.79. The van der Waals surface area contributed by atoms with E-state index < -0.39 is 0 Å². The molecule has 0 nitrogen and oxygen atoms in total. The van der Waals surface area contributed by atoms with Crippen molar-refractivity contribution in [1.29, 1.82) is 0 Å². The highest BCUT2D eigenvalue weighted by Crippen LogP contribution is 2.55. The SMILES string of the molecule is CC1(C)c2cc(-c3ccc(-c4c5ccccc5c(-c5cccc6ccccc56)c5ccccc45)c4ccccc34)ccc2-c2c1ccc1ccc3c4ccccc4sc3c21. The number of hydrogen-bond acceptors (Lipinski definition) is 1. The molecule has 0 bridgehead atoms. The van der Waals surface area contributed by atoms with Gasteiger partial charge in [0.1, 0.15) is 0 Å². The van der Waals surface area contributed by atoms with Crippen LogP contribution in [0.2, 0.25) is 0 Å². The minimum Gasteiger partial charge on any atom is -0.135 e. The zero-order valence-corrected chi connectivity index (χ0v) is 34.2. The van der Waals surface area contributed by atoms with E-state index in [-0.39, 0.29) is 5.41 Å². The van der Waals surface area contributed by atoms with E-state index in [9.17, 15) is 0 Å². The van der Waals surface area contributed by atoms with Crippen molar-refractivity contribution < 1.29 is 0 Å². The maximum atomic E-state index is 2.50. The molecule has 0 spiro atoms. The molecule has 0 aliphatic heterocycles. The van der Waals surface area contributed by atoms with Crippen molar-refractivity contribution in [2.24, 2.45) is 0 Å². The molecule has 12 aromatic rings. The summed E-state index contributed by atoms with van der Waals surface area (Å²) >= 11 is 1.93. The molecule has 0 unspecified atom stereocenters. The molecule has 0 saturated carbocycles. The Hall–Kier alpha value is -7.06. The molecular formula is C59H38S. The van der Waals surface area contributed by atoms with Crippen molar-refractivity contribution in [1.82, 2.24) is 0 Å². The molecular weight excluding hydrogens is 741 g/mol. The van der Waals surface area contributed by atoms with Crippen molar-refractivity contribution >= 4 is 85.4 Å². The summed E-state index contributed by atoms with van der Waals surface area (Å²) in [5, 5.41) is 15.6. The summed E-state index contributed by atoms with van der Waals surface area (Å²) in [5.74, 6) is 0. The predicted octanol–water partition coefficient (Wildman–Crippen LogP) is 17.1. The molecule has 1 heteroatoms. The summed E-state index contributed by atoms with van der Waals surface area (Å²) < 4.78 is 2.74. The summed E-state index contributed by atoms with van der Waals surface area (Å²) in [4.78, 5) is 0. The Morgan fingerprint density at radius 1 is 0.333 bits per heavy atom. The first kappa shape index (κ1) is 33.9. The van der Waals surface area contributed by atoms with Gasteiger partial charge in [-0.3, -0.25) is 0 Å². The average molecular weight is 779 g/mol. The monoisotopic (exact) mass is 778 g/mol. The van der Waals surface area contributed by atoms with Crippen molar-refractivity contribution in [2.75, 3.05) is 0 Å². The van der Waals surface area contributed by atoms with Crippen LogP contribution < -0.4 is 0 Å². The van der Waals surface area contributed by atoms with E-state index in [2.05, 4.69) is 208 Å². The van der Waals surface area contributed by atoms with Gasteiger partial charge in [0, 0.05) is 31.0 Å². The minimum atomic E-state index is -0.146. The lowest BCUT2D eigenvalue weighted by Gasteiger charge is -2.23. The van der Waals surface area contributed by atoms with Gasteiger partial charge in [-0.05, 0) is 116 Å². The van der Waals surface area contributed by atoms with Crippen LogP contribution in [0.5, 0.6) is 0 Å². The fraction of sp³-hybridized carbons (Fsp3) is 0.0508. The van der Waals surface area contributed by atoms with Crippen LogP contribution in [0.4, 0.5) is 0 Å². The highest BCUT2D eigenvalue weighted by Gasteiger charge is 2.37. The Kier molecular flexibility index (Phi) is 7.04. The second-order valence-electron chi connectivity index (χ2n) is 17.1. The van der Waals surface area contributed by atoms with Crippen LogP contribution in [-0.2, 0) is 5.41 Å². The van der Waals surface area contributed by atoms with Crippen LogP contribution in [0.1, 0.15) is 25.0 Å². The lowest BCUT2D eigenvalue weighted by atomic mass is 9.80. The molecule has 0 N–H and O–H groups in total. The van der Waals surface area contributed by atoms with Crippen LogP contribution >= 0.6 is 11.3 Å². The van der Waals surface area contributed by atoms with Gasteiger partial charge in [-0.15, -0.1) is 11.3 Å². The molecule has 0 amide bonds. The lowest BCUT2D eigenvalue weighted by Crippen LogP contribution is -2.15. The van der Waals surface area contributed by atoms with Gasteiger partial charge in [-0.25, -0.2) is 0 Å². The molecule has 0 atom stereocenters. The first-order valence-corrected chi connectivity index (χ1v) is 21.8. The maximum absolute atomic E-state index is 2.50. The molecule has 0 radical (unpaired) electrons. The van der Waals surface area contributed by atoms with Gasteiger partial charge in [-0.1, -0.05) is 196 Å². The third-order valence-corrected chi connectivity index (χ3v) is 14.9. The van der Waals surface area contributed by atoms with Gasteiger partial charge in [0.15, 0.2) is 0 Å². The molecule has 60 heavy (non-hydrogen) atoms. The molecule has 0 fully saturated rings. The summed E-state index contributed by atoms with van der Waals surface area (Å²) in [6, 6.07) is 72.9. The highest BCUT2D eigenvalue weighted by atomic mass is 32.1. The van der Waals surface area contributed by atoms with Crippen LogP contribution in [0.3, 0.4) is 0 Å². The van der Waals surface area contributed by atoms with Crippen molar-refractivity contribution in [2.45, 2.75) is 19.3 Å². The molecule has 1 aromatic heterocycles. The van der Waals surface area contributed by atoms with E-state index in [1.54, 1.807) is 0 Å². The quantitative estimate of drug-likeness (QED) is 0.157. The van der Waals surface area contributed by atoms with E-state index in [1.165, 1.54) is 130 Å². The van der Waals surface area contributed by atoms with E-state index >= 15 is 0 Å². The Bertz CT molecular complexity index is 3740. The Labute approximate surface area is 352 Å². The van der Waals surface area contributed by atoms with Gasteiger partial charge in [0.05, 0.1) is 0 Å². The lowest BCUT2D eigenvalue weighted by molar-refractivity contribution is 0.661. The van der Waals surface area contributed by atoms with E-state index in [0.29, 0.717) is 0 Å². The zero-order valence-electron chi connectivity index (χ0n) is 33.4. The fourth-order valence-electron chi connectivity index (χ4n) is 10.9. The van der Waals surface area contributed by atoms with Gasteiger partial charge < -0.3 is 0 Å². The topological polar surface area (TPSA) is 0 Å². The summed E-state index contributed by atoms with van der Waals surface area (Å²) in [6.45, 7) is 4.83. The largest absolute Gasteiger partial charge is 0.135 e.